The van der Waals surface area contributed by atoms with E-state index in [9.17, 15) is 9.18 Å². The van der Waals surface area contributed by atoms with Gasteiger partial charge in [0.05, 0.1) is 19.3 Å². The van der Waals surface area contributed by atoms with Gasteiger partial charge in [0.1, 0.15) is 5.82 Å². The quantitative estimate of drug-likeness (QED) is 0.484. The molecule has 0 saturated carbocycles. The van der Waals surface area contributed by atoms with E-state index in [0.717, 1.165) is 39.3 Å². The van der Waals surface area contributed by atoms with Crippen LogP contribution in [0.3, 0.4) is 0 Å². The van der Waals surface area contributed by atoms with Gasteiger partial charge in [0, 0.05) is 31.7 Å². The van der Waals surface area contributed by atoms with Crippen molar-refractivity contribution >= 4 is 11.9 Å². The van der Waals surface area contributed by atoms with E-state index in [1.165, 1.54) is 18.2 Å². The lowest BCUT2D eigenvalue weighted by molar-refractivity contribution is 0.0377. The molecule has 1 aliphatic heterocycles. The molecule has 1 saturated heterocycles. The number of hydrogen-bond acceptors (Lipinski definition) is 5. The molecule has 0 unspecified atom stereocenters. The van der Waals surface area contributed by atoms with Crippen LogP contribution >= 0.6 is 0 Å². The average molecular weight is 351 g/mol. The minimum Gasteiger partial charge on any atom is -0.462 e. The largest absolute Gasteiger partial charge is 0.462 e. The van der Waals surface area contributed by atoms with Gasteiger partial charge in [-0.1, -0.05) is 6.07 Å². The molecule has 0 aromatic heterocycles. The Bertz CT molecular complexity index is 587. The number of rotatable bonds is 6. The molecule has 2 rings (SSSR count). The van der Waals surface area contributed by atoms with Crippen molar-refractivity contribution in [3.63, 3.8) is 0 Å². The van der Waals surface area contributed by atoms with Crippen molar-refractivity contribution in [1.29, 1.82) is 0 Å². The summed E-state index contributed by atoms with van der Waals surface area (Å²) in [4.78, 5) is 18.9. The first-order valence-corrected chi connectivity index (χ1v) is 8.62. The van der Waals surface area contributed by atoms with E-state index in [1.807, 2.05) is 13.8 Å². The number of aliphatic imine (C=N–C) groups is 1. The smallest absolute Gasteiger partial charge is 0.291 e. The Hall–Kier alpha value is -1.99. The van der Waals surface area contributed by atoms with Crippen LogP contribution < -0.4 is 5.32 Å². The lowest BCUT2D eigenvalue weighted by atomic mass is 10.2. The van der Waals surface area contributed by atoms with Gasteiger partial charge in [0.15, 0.2) is 0 Å². The molecule has 138 valence electrons. The third-order valence-corrected chi connectivity index (χ3v) is 3.65. The summed E-state index contributed by atoms with van der Waals surface area (Å²) in [5.41, 5.74) is 0.230. The van der Waals surface area contributed by atoms with Gasteiger partial charge in [-0.3, -0.25) is 15.0 Å². The van der Waals surface area contributed by atoms with E-state index >= 15 is 0 Å². The molecule has 0 radical (unpaired) electrons. The van der Waals surface area contributed by atoms with Gasteiger partial charge >= 0.3 is 0 Å². The first kappa shape index (κ1) is 19.3. The van der Waals surface area contributed by atoms with Crippen molar-refractivity contribution in [1.82, 2.24) is 10.2 Å². The van der Waals surface area contributed by atoms with E-state index in [2.05, 4.69) is 15.2 Å². The molecule has 1 fully saturated rings. The van der Waals surface area contributed by atoms with Crippen LogP contribution in [0.2, 0.25) is 0 Å². The number of amides is 1. The van der Waals surface area contributed by atoms with Gasteiger partial charge < -0.3 is 9.47 Å². The number of carbonyl (C=O) groups excluding carboxylic acids is 1. The summed E-state index contributed by atoms with van der Waals surface area (Å²) in [6, 6.07) is 5.69. The number of morpholine rings is 1. The summed E-state index contributed by atoms with van der Waals surface area (Å²) in [5, 5.41) is 2.62. The monoisotopic (exact) mass is 351 g/mol. The lowest BCUT2D eigenvalue weighted by Gasteiger charge is -2.26. The molecule has 1 heterocycles. The number of benzene rings is 1. The molecule has 0 spiro atoms. The molecular formula is C18H26FN3O3. The van der Waals surface area contributed by atoms with Crippen molar-refractivity contribution in [3.8, 4) is 0 Å². The van der Waals surface area contributed by atoms with Crippen LogP contribution in [0.5, 0.6) is 0 Å². The lowest BCUT2D eigenvalue weighted by Crippen LogP contribution is -2.37. The number of nitrogens with one attached hydrogen (secondary N) is 1. The second-order valence-electron chi connectivity index (χ2n) is 6.13. The molecule has 1 N–H and O–H groups in total. The summed E-state index contributed by atoms with van der Waals surface area (Å²) < 4.78 is 24.1. The highest BCUT2D eigenvalue weighted by molar-refractivity contribution is 6.04. The molecule has 1 aliphatic rings. The summed E-state index contributed by atoms with van der Waals surface area (Å²) in [7, 11) is 0. The summed E-state index contributed by atoms with van der Waals surface area (Å²) >= 11 is 0. The Morgan fingerprint density at radius 2 is 2.16 bits per heavy atom. The summed E-state index contributed by atoms with van der Waals surface area (Å²) in [6.45, 7) is 8.62. The van der Waals surface area contributed by atoms with Gasteiger partial charge in [0.25, 0.3) is 11.9 Å². The number of carbonyl (C=O) groups is 1. The second kappa shape index (κ2) is 10.1. The highest BCUT2D eigenvalue weighted by Gasteiger charge is 2.13. The first-order chi connectivity index (χ1) is 12.0. The predicted octanol–water partition coefficient (Wildman–Crippen LogP) is 2.06. The fourth-order valence-electron chi connectivity index (χ4n) is 2.43. The van der Waals surface area contributed by atoms with Crippen LogP contribution in [-0.2, 0) is 9.47 Å². The standard InChI is InChI=1S/C18H26FN3O3/c1-14(2)25-18(20-7-4-8-22-9-11-24-12-10-22)21-17(23)15-5-3-6-16(19)13-15/h3,5-6,13-14H,4,7-12H2,1-2H3,(H,20,21,23). The zero-order chi connectivity index (χ0) is 18.1. The van der Waals surface area contributed by atoms with Gasteiger partial charge in [-0.05, 0) is 38.5 Å². The van der Waals surface area contributed by atoms with Crippen molar-refractivity contribution in [2.75, 3.05) is 39.4 Å². The molecule has 1 amide bonds. The minimum atomic E-state index is -0.457. The third-order valence-electron chi connectivity index (χ3n) is 3.65. The first-order valence-electron chi connectivity index (χ1n) is 8.62. The van der Waals surface area contributed by atoms with Crippen LogP contribution in [0.1, 0.15) is 30.6 Å². The van der Waals surface area contributed by atoms with E-state index in [0.29, 0.717) is 6.54 Å². The molecule has 7 heteroatoms. The van der Waals surface area contributed by atoms with Gasteiger partial charge in [-0.25, -0.2) is 9.38 Å². The zero-order valence-electron chi connectivity index (χ0n) is 14.8. The topological polar surface area (TPSA) is 63.2 Å². The van der Waals surface area contributed by atoms with Gasteiger partial charge in [-0.15, -0.1) is 0 Å². The Labute approximate surface area is 148 Å². The van der Waals surface area contributed by atoms with Gasteiger partial charge in [-0.2, -0.15) is 0 Å². The third kappa shape index (κ3) is 7.19. The minimum absolute atomic E-state index is 0.120. The van der Waals surface area contributed by atoms with Crippen molar-refractivity contribution in [2.45, 2.75) is 26.4 Å². The van der Waals surface area contributed by atoms with Crippen molar-refractivity contribution < 1.29 is 18.7 Å². The Morgan fingerprint density at radius 1 is 1.40 bits per heavy atom. The SMILES string of the molecule is CC(C)OC(=NCCCN1CCOCC1)NC(=O)c1cccc(F)c1. The van der Waals surface area contributed by atoms with Crippen LogP contribution in [0, 0.1) is 5.82 Å². The maximum Gasteiger partial charge on any atom is 0.291 e. The molecule has 6 nitrogen and oxygen atoms in total. The number of ether oxygens (including phenoxy) is 2. The Kier molecular flexibility index (Phi) is 7.81. The Morgan fingerprint density at radius 3 is 2.84 bits per heavy atom. The average Bonchev–Trinajstić information content (AvgIpc) is 2.59. The maximum atomic E-state index is 13.2. The van der Waals surface area contributed by atoms with E-state index in [1.54, 1.807) is 6.07 Å². The fourth-order valence-corrected chi connectivity index (χ4v) is 2.43. The molecule has 0 atom stereocenters. The van der Waals surface area contributed by atoms with Crippen LogP contribution in [0.4, 0.5) is 4.39 Å². The van der Waals surface area contributed by atoms with Gasteiger partial charge in [0.2, 0.25) is 0 Å². The highest BCUT2D eigenvalue weighted by atomic mass is 19.1. The van der Waals surface area contributed by atoms with Crippen LogP contribution in [-0.4, -0.2) is 62.3 Å². The van der Waals surface area contributed by atoms with Crippen LogP contribution in [0.15, 0.2) is 29.3 Å². The Balaban J connectivity index is 1.87. The number of amidine groups is 1. The van der Waals surface area contributed by atoms with E-state index < -0.39 is 11.7 Å². The maximum absolute atomic E-state index is 13.2. The normalized spacial score (nSPS) is 16.1. The molecule has 1 aromatic carbocycles. The van der Waals surface area contributed by atoms with Crippen molar-refractivity contribution in [3.05, 3.63) is 35.6 Å². The molecular weight excluding hydrogens is 325 g/mol. The van der Waals surface area contributed by atoms with E-state index in [4.69, 9.17) is 9.47 Å². The number of hydrogen-bond donors (Lipinski definition) is 1. The second-order valence-corrected chi connectivity index (χ2v) is 6.13. The predicted molar refractivity (Wildman–Crippen MR) is 94.3 cm³/mol. The molecule has 0 bridgehead atoms. The van der Waals surface area contributed by atoms with E-state index in [-0.39, 0.29) is 17.7 Å². The highest BCUT2D eigenvalue weighted by Crippen LogP contribution is 2.04. The fraction of sp³-hybridized carbons (Fsp3) is 0.556. The molecule has 25 heavy (non-hydrogen) atoms. The zero-order valence-corrected chi connectivity index (χ0v) is 14.8. The molecule has 0 aliphatic carbocycles. The summed E-state index contributed by atoms with van der Waals surface area (Å²) in [5.74, 6) is -0.895. The van der Waals surface area contributed by atoms with Crippen molar-refractivity contribution in [2.24, 2.45) is 4.99 Å². The molecule has 1 aromatic rings. The van der Waals surface area contributed by atoms with Crippen LogP contribution in [0.25, 0.3) is 0 Å². The summed E-state index contributed by atoms with van der Waals surface area (Å²) in [6.07, 6.45) is 0.742. The number of nitrogens with zero attached hydrogens (tertiary/aromatic N) is 2. The number of halogens is 1.